The van der Waals surface area contributed by atoms with Gasteiger partial charge in [-0.2, -0.15) is 0 Å². The van der Waals surface area contributed by atoms with E-state index in [0.717, 1.165) is 0 Å². The molecule has 1 saturated heterocycles. The third-order valence-corrected chi connectivity index (χ3v) is 4.95. The maximum absolute atomic E-state index is 12.2. The summed E-state index contributed by atoms with van der Waals surface area (Å²) < 4.78 is 25.6. The maximum atomic E-state index is 12.2. The summed E-state index contributed by atoms with van der Waals surface area (Å²) >= 11 is 0. The molecule has 1 aromatic heterocycles. The Balaban J connectivity index is 1.96. The Morgan fingerprint density at radius 2 is 1.90 bits per heavy atom. The van der Waals surface area contributed by atoms with Crippen LogP contribution >= 0.6 is 0 Å². The zero-order chi connectivity index (χ0) is 15.6. The smallest absolute Gasteiger partial charge is 0.250 e. The van der Waals surface area contributed by atoms with Gasteiger partial charge in [-0.25, -0.2) is 12.7 Å². The number of pyridine rings is 1. The Morgan fingerprint density at radius 3 is 2.43 bits per heavy atom. The summed E-state index contributed by atoms with van der Waals surface area (Å²) in [6.45, 7) is 0.731. The van der Waals surface area contributed by atoms with E-state index in [1.54, 1.807) is 19.3 Å². The normalized spacial score (nSPS) is 17.6. The molecule has 0 bridgehead atoms. The zero-order valence-electron chi connectivity index (χ0n) is 12.1. The van der Waals surface area contributed by atoms with E-state index in [4.69, 9.17) is 0 Å². The summed E-state index contributed by atoms with van der Waals surface area (Å²) in [6.07, 6.45) is 3.75. The third kappa shape index (κ3) is 3.92. The van der Waals surface area contributed by atoms with Gasteiger partial charge in [-0.3, -0.25) is 9.59 Å². The number of aromatic nitrogens is 1. The van der Waals surface area contributed by atoms with Gasteiger partial charge in [0.15, 0.2) is 0 Å². The van der Waals surface area contributed by atoms with E-state index >= 15 is 0 Å². The molecule has 0 radical (unpaired) electrons. The fourth-order valence-corrected chi connectivity index (χ4v) is 3.24. The summed E-state index contributed by atoms with van der Waals surface area (Å²) in [7, 11) is -1.57. The molecule has 2 rings (SSSR count). The minimum Gasteiger partial charge on any atom is -0.325 e. The first-order valence-corrected chi connectivity index (χ1v) is 8.55. The van der Waals surface area contributed by atoms with Gasteiger partial charge in [-0.05, 0) is 18.9 Å². The van der Waals surface area contributed by atoms with Gasteiger partial charge >= 0.3 is 0 Å². The third-order valence-electron chi connectivity index (χ3n) is 3.65. The molecule has 7 nitrogen and oxygen atoms in total. The second-order valence-corrected chi connectivity index (χ2v) is 7.27. The molecule has 0 atom stereocenters. The van der Waals surface area contributed by atoms with Crippen LogP contribution in [0.5, 0.6) is 0 Å². The summed E-state index contributed by atoms with van der Waals surface area (Å²) in [5, 5.41) is 2.77. The number of aryl methyl sites for hydroxylation is 1. The first-order valence-electron chi connectivity index (χ1n) is 6.70. The lowest BCUT2D eigenvalue weighted by Crippen LogP contribution is -2.40. The van der Waals surface area contributed by atoms with Gasteiger partial charge in [0.1, 0.15) is 0 Å². The molecule has 1 aliphatic rings. The molecule has 8 heteroatoms. The van der Waals surface area contributed by atoms with Crippen molar-refractivity contribution in [1.29, 1.82) is 0 Å². The quantitative estimate of drug-likeness (QED) is 0.850. The van der Waals surface area contributed by atoms with Crippen LogP contribution in [0.25, 0.3) is 0 Å². The van der Waals surface area contributed by atoms with Gasteiger partial charge in [0.05, 0.1) is 11.9 Å². The molecular weight excluding hydrogens is 294 g/mol. The second-order valence-electron chi connectivity index (χ2n) is 5.29. The van der Waals surface area contributed by atoms with E-state index in [1.165, 1.54) is 21.2 Å². The molecule has 116 valence electrons. The number of carbonyl (C=O) groups excluding carboxylic acids is 1. The molecule has 1 fully saturated rings. The van der Waals surface area contributed by atoms with Gasteiger partial charge in [0.2, 0.25) is 21.5 Å². The molecule has 1 amide bonds. The summed E-state index contributed by atoms with van der Waals surface area (Å²) in [5.41, 5.74) is 0.419. The molecule has 0 saturated carbocycles. The van der Waals surface area contributed by atoms with Crippen molar-refractivity contribution in [3.8, 4) is 0 Å². The molecule has 0 aliphatic carbocycles. The maximum Gasteiger partial charge on any atom is 0.250 e. The highest BCUT2D eigenvalue weighted by atomic mass is 32.2. The molecule has 1 aromatic rings. The van der Waals surface area contributed by atoms with E-state index in [0.29, 0.717) is 31.6 Å². The highest BCUT2D eigenvalue weighted by Crippen LogP contribution is 2.20. The lowest BCUT2D eigenvalue weighted by molar-refractivity contribution is -0.120. The average molecular weight is 313 g/mol. The van der Waals surface area contributed by atoms with Crippen LogP contribution in [0.15, 0.2) is 23.1 Å². The van der Waals surface area contributed by atoms with Crippen molar-refractivity contribution >= 4 is 21.6 Å². The van der Waals surface area contributed by atoms with Crippen LogP contribution in [-0.4, -0.2) is 42.5 Å². The molecule has 0 aromatic carbocycles. The standard InChI is InChI=1S/C13H19N3O4S/c1-15-9-11(3-4-12(15)17)14-13(18)10-5-7-16(8-6-10)21(2,19)20/h3-4,9-10H,5-8H2,1-2H3,(H,14,18). The van der Waals surface area contributed by atoms with Gasteiger partial charge in [0.25, 0.3) is 0 Å². The van der Waals surface area contributed by atoms with Crippen molar-refractivity contribution in [2.75, 3.05) is 24.7 Å². The summed E-state index contributed by atoms with van der Waals surface area (Å²) in [6, 6.07) is 2.95. The van der Waals surface area contributed by atoms with Crippen molar-refractivity contribution in [2.45, 2.75) is 12.8 Å². The Kier molecular flexibility index (Phi) is 4.48. The van der Waals surface area contributed by atoms with E-state index in [2.05, 4.69) is 5.32 Å². The molecule has 21 heavy (non-hydrogen) atoms. The SMILES string of the molecule is Cn1cc(NC(=O)C2CCN(S(C)(=O)=O)CC2)ccc1=O. The van der Waals surface area contributed by atoms with E-state index in [9.17, 15) is 18.0 Å². The van der Waals surface area contributed by atoms with Crippen molar-refractivity contribution < 1.29 is 13.2 Å². The van der Waals surface area contributed by atoms with Gasteiger partial charge in [-0.1, -0.05) is 0 Å². The van der Waals surface area contributed by atoms with Crippen LogP contribution in [0.3, 0.4) is 0 Å². The largest absolute Gasteiger partial charge is 0.325 e. The Labute approximate surface area is 123 Å². The van der Waals surface area contributed by atoms with Crippen LogP contribution in [0.2, 0.25) is 0 Å². The second kappa shape index (κ2) is 5.98. The van der Waals surface area contributed by atoms with Crippen LogP contribution < -0.4 is 10.9 Å². The highest BCUT2D eigenvalue weighted by Gasteiger charge is 2.28. The number of carbonyl (C=O) groups is 1. The molecule has 1 N–H and O–H groups in total. The molecule has 1 aliphatic heterocycles. The van der Waals surface area contributed by atoms with Gasteiger partial charge < -0.3 is 9.88 Å². The first-order chi connectivity index (χ1) is 9.77. The van der Waals surface area contributed by atoms with E-state index in [1.807, 2.05) is 0 Å². The minimum absolute atomic E-state index is 0.137. The molecule has 0 unspecified atom stereocenters. The number of hydrogen-bond acceptors (Lipinski definition) is 4. The number of anilines is 1. The van der Waals surface area contributed by atoms with Gasteiger partial charge in [0, 0.05) is 38.3 Å². The van der Waals surface area contributed by atoms with Crippen molar-refractivity contribution in [2.24, 2.45) is 13.0 Å². The first kappa shape index (κ1) is 15.7. The van der Waals surface area contributed by atoms with Crippen LogP contribution in [0.4, 0.5) is 5.69 Å². The van der Waals surface area contributed by atoms with Crippen LogP contribution in [-0.2, 0) is 21.9 Å². The average Bonchev–Trinajstić information content (AvgIpc) is 2.42. The number of rotatable bonds is 3. The fourth-order valence-electron chi connectivity index (χ4n) is 2.36. The number of nitrogens with zero attached hydrogens (tertiary/aromatic N) is 2. The predicted molar refractivity (Wildman–Crippen MR) is 79.5 cm³/mol. The minimum atomic E-state index is -3.18. The topological polar surface area (TPSA) is 88.5 Å². The number of sulfonamides is 1. The monoisotopic (exact) mass is 313 g/mol. The number of nitrogens with one attached hydrogen (secondary N) is 1. The number of amides is 1. The van der Waals surface area contributed by atoms with Crippen LogP contribution in [0, 0.1) is 5.92 Å². The highest BCUT2D eigenvalue weighted by molar-refractivity contribution is 7.88. The summed E-state index contributed by atoms with van der Waals surface area (Å²) in [5.74, 6) is -0.345. The number of hydrogen-bond donors (Lipinski definition) is 1. The van der Waals surface area contributed by atoms with Gasteiger partial charge in [-0.15, -0.1) is 0 Å². The fraction of sp³-hybridized carbons (Fsp3) is 0.538. The van der Waals surface area contributed by atoms with Crippen molar-refractivity contribution in [3.63, 3.8) is 0 Å². The molecule has 0 spiro atoms. The van der Waals surface area contributed by atoms with Crippen molar-refractivity contribution in [1.82, 2.24) is 8.87 Å². The van der Waals surface area contributed by atoms with E-state index < -0.39 is 10.0 Å². The lowest BCUT2D eigenvalue weighted by atomic mass is 9.97. The summed E-state index contributed by atoms with van der Waals surface area (Å²) in [4.78, 5) is 23.4. The van der Waals surface area contributed by atoms with E-state index in [-0.39, 0.29) is 17.4 Å². The Hall–Kier alpha value is -1.67. The predicted octanol–water partition coefficient (Wildman–Crippen LogP) is -0.00460. The number of piperidine rings is 1. The zero-order valence-corrected chi connectivity index (χ0v) is 12.9. The van der Waals surface area contributed by atoms with Crippen LogP contribution in [0.1, 0.15) is 12.8 Å². The molecule has 2 heterocycles. The Morgan fingerprint density at radius 1 is 1.29 bits per heavy atom. The Bertz CT molecular complexity index is 688. The lowest BCUT2D eigenvalue weighted by Gasteiger charge is -2.29. The van der Waals surface area contributed by atoms with Crippen molar-refractivity contribution in [3.05, 3.63) is 28.7 Å². The molecular formula is C13H19N3O4S.